The van der Waals surface area contributed by atoms with Crippen LogP contribution in [0.15, 0.2) is 53.1 Å². The van der Waals surface area contributed by atoms with Crippen molar-refractivity contribution >= 4 is 11.6 Å². The highest BCUT2D eigenvalue weighted by Gasteiger charge is 2.09. The normalized spacial score (nSPS) is 10.6. The third-order valence-electron chi connectivity index (χ3n) is 3.08. The fourth-order valence-corrected chi connectivity index (χ4v) is 2.09. The Morgan fingerprint density at radius 3 is 2.43 bits per heavy atom. The van der Waals surface area contributed by atoms with Crippen LogP contribution in [0, 0.1) is 0 Å². The van der Waals surface area contributed by atoms with Crippen LogP contribution in [0.5, 0.6) is 5.75 Å². The van der Waals surface area contributed by atoms with Crippen LogP contribution in [0.1, 0.15) is 11.4 Å². The van der Waals surface area contributed by atoms with Crippen molar-refractivity contribution < 1.29 is 9.26 Å². The summed E-state index contributed by atoms with van der Waals surface area (Å²) in [7, 11) is 1.65. The number of hydrogen-bond acceptors (Lipinski definition) is 4. The maximum absolute atomic E-state index is 5.86. The quantitative estimate of drug-likeness (QED) is 0.731. The Morgan fingerprint density at radius 1 is 1.05 bits per heavy atom. The Morgan fingerprint density at radius 2 is 1.76 bits per heavy atom. The molecule has 2 aromatic carbocycles. The molecule has 0 N–H and O–H groups in total. The maximum Gasteiger partial charge on any atom is 0.257 e. The van der Waals surface area contributed by atoms with Crippen LogP contribution in [-0.4, -0.2) is 17.3 Å². The minimum atomic E-state index is 0.496. The fraction of sp³-hybridized carbons (Fsp3) is 0.125. The molecule has 3 rings (SSSR count). The van der Waals surface area contributed by atoms with Gasteiger partial charge < -0.3 is 9.26 Å². The molecule has 1 aromatic heterocycles. The molecule has 21 heavy (non-hydrogen) atoms. The highest BCUT2D eigenvalue weighted by atomic mass is 35.5. The molecule has 0 spiro atoms. The molecule has 0 aliphatic carbocycles. The van der Waals surface area contributed by atoms with Crippen molar-refractivity contribution in [1.82, 2.24) is 10.1 Å². The van der Waals surface area contributed by atoms with E-state index in [2.05, 4.69) is 10.1 Å². The largest absolute Gasteiger partial charge is 0.497 e. The lowest BCUT2D eigenvalue weighted by Crippen LogP contribution is -1.91. The molecule has 5 heteroatoms. The summed E-state index contributed by atoms with van der Waals surface area (Å²) >= 11 is 5.86. The Labute approximate surface area is 127 Å². The molecule has 0 radical (unpaired) electrons. The molecule has 0 fully saturated rings. The van der Waals surface area contributed by atoms with E-state index in [1.54, 1.807) is 19.2 Å². The molecule has 0 saturated carbocycles. The third-order valence-corrected chi connectivity index (χ3v) is 3.33. The van der Waals surface area contributed by atoms with E-state index < -0.39 is 0 Å². The van der Waals surface area contributed by atoms with Gasteiger partial charge in [-0.1, -0.05) is 28.9 Å². The summed E-state index contributed by atoms with van der Waals surface area (Å²) in [5, 5.41) is 4.68. The van der Waals surface area contributed by atoms with Gasteiger partial charge in [0, 0.05) is 17.0 Å². The van der Waals surface area contributed by atoms with Crippen molar-refractivity contribution in [2.24, 2.45) is 0 Å². The summed E-state index contributed by atoms with van der Waals surface area (Å²) in [5.41, 5.74) is 1.95. The SMILES string of the molecule is COc1ccc(Cc2noc(-c3ccc(Cl)cc3)n2)cc1. The number of halogens is 1. The van der Waals surface area contributed by atoms with Crippen LogP contribution >= 0.6 is 11.6 Å². The van der Waals surface area contributed by atoms with Crippen molar-refractivity contribution in [3.63, 3.8) is 0 Å². The van der Waals surface area contributed by atoms with Gasteiger partial charge in [0.25, 0.3) is 5.89 Å². The van der Waals surface area contributed by atoms with Gasteiger partial charge in [-0.2, -0.15) is 4.98 Å². The Bertz CT molecular complexity index is 721. The first-order valence-electron chi connectivity index (χ1n) is 6.46. The maximum atomic E-state index is 5.86. The minimum absolute atomic E-state index is 0.496. The van der Waals surface area contributed by atoms with Crippen LogP contribution in [0.3, 0.4) is 0 Å². The molecule has 0 bridgehead atoms. The van der Waals surface area contributed by atoms with Crippen molar-refractivity contribution in [3.8, 4) is 17.2 Å². The monoisotopic (exact) mass is 300 g/mol. The second kappa shape index (κ2) is 5.97. The van der Waals surface area contributed by atoms with E-state index >= 15 is 0 Å². The summed E-state index contributed by atoms with van der Waals surface area (Å²) in [6.45, 7) is 0. The number of rotatable bonds is 4. The molecular formula is C16H13ClN2O2. The van der Waals surface area contributed by atoms with Gasteiger partial charge in [-0.3, -0.25) is 0 Å². The van der Waals surface area contributed by atoms with E-state index in [9.17, 15) is 0 Å². The standard InChI is InChI=1S/C16H13ClN2O2/c1-20-14-8-2-11(3-9-14)10-15-18-16(21-19-15)12-4-6-13(17)7-5-12/h2-9H,10H2,1H3. The van der Waals surface area contributed by atoms with Crippen molar-refractivity contribution in [2.45, 2.75) is 6.42 Å². The predicted octanol–water partition coefficient (Wildman–Crippen LogP) is 3.99. The van der Waals surface area contributed by atoms with Gasteiger partial charge in [-0.25, -0.2) is 0 Å². The van der Waals surface area contributed by atoms with E-state index in [-0.39, 0.29) is 0 Å². The lowest BCUT2D eigenvalue weighted by atomic mass is 10.1. The zero-order chi connectivity index (χ0) is 14.7. The van der Waals surface area contributed by atoms with Crippen molar-refractivity contribution in [3.05, 3.63) is 64.9 Å². The van der Waals surface area contributed by atoms with Gasteiger partial charge in [0.2, 0.25) is 0 Å². The number of benzene rings is 2. The van der Waals surface area contributed by atoms with Gasteiger partial charge >= 0.3 is 0 Å². The molecule has 106 valence electrons. The molecule has 0 aliphatic rings. The highest BCUT2D eigenvalue weighted by molar-refractivity contribution is 6.30. The van der Waals surface area contributed by atoms with E-state index in [0.717, 1.165) is 16.9 Å². The smallest absolute Gasteiger partial charge is 0.257 e. The van der Waals surface area contributed by atoms with E-state index in [1.165, 1.54) is 0 Å². The molecule has 0 atom stereocenters. The topological polar surface area (TPSA) is 48.2 Å². The van der Waals surface area contributed by atoms with E-state index in [0.29, 0.717) is 23.2 Å². The number of ether oxygens (including phenoxy) is 1. The predicted molar refractivity (Wildman–Crippen MR) is 80.5 cm³/mol. The first kappa shape index (κ1) is 13.6. The number of nitrogens with zero attached hydrogens (tertiary/aromatic N) is 2. The molecule has 3 aromatic rings. The Hall–Kier alpha value is -2.33. The molecule has 0 unspecified atom stereocenters. The zero-order valence-corrected chi connectivity index (χ0v) is 12.2. The number of hydrogen-bond donors (Lipinski definition) is 0. The summed E-state index contributed by atoms with van der Waals surface area (Å²) in [6.07, 6.45) is 0.612. The molecule has 4 nitrogen and oxygen atoms in total. The average molecular weight is 301 g/mol. The number of aromatic nitrogens is 2. The van der Waals surface area contributed by atoms with Gasteiger partial charge in [0.15, 0.2) is 5.82 Å². The first-order chi connectivity index (χ1) is 10.2. The molecule has 0 amide bonds. The van der Waals surface area contributed by atoms with Crippen molar-refractivity contribution in [2.75, 3.05) is 7.11 Å². The lowest BCUT2D eigenvalue weighted by molar-refractivity contribution is 0.414. The van der Waals surface area contributed by atoms with Crippen LogP contribution in [0.25, 0.3) is 11.5 Å². The van der Waals surface area contributed by atoms with Gasteiger partial charge in [-0.15, -0.1) is 0 Å². The van der Waals surface area contributed by atoms with Gasteiger partial charge in [0.1, 0.15) is 5.75 Å². The zero-order valence-electron chi connectivity index (χ0n) is 11.4. The van der Waals surface area contributed by atoms with Gasteiger partial charge in [0.05, 0.1) is 7.11 Å². The van der Waals surface area contributed by atoms with Crippen LogP contribution in [-0.2, 0) is 6.42 Å². The molecule has 1 heterocycles. The van der Waals surface area contributed by atoms with Crippen molar-refractivity contribution in [1.29, 1.82) is 0 Å². The Balaban J connectivity index is 1.76. The molecular weight excluding hydrogens is 288 g/mol. The minimum Gasteiger partial charge on any atom is -0.497 e. The first-order valence-corrected chi connectivity index (χ1v) is 6.84. The summed E-state index contributed by atoms with van der Waals surface area (Å²) in [4.78, 5) is 4.40. The van der Waals surface area contributed by atoms with Crippen LogP contribution in [0.2, 0.25) is 5.02 Å². The number of methoxy groups -OCH3 is 1. The second-order valence-corrected chi connectivity index (χ2v) is 4.98. The third kappa shape index (κ3) is 3.23. The Kier molecular flexibility index (Phi) is 3.88. The highest BCUT2D eigenvalue weighted by Crippen LogP contribution is 2.20. The second-order valence-electron chi connectivity index (χ2n) is 4.55. The average Bonchev–Trinajstić information content (AvgIpc) is 2.97. The van der Waals surface area contributed by atoms with E-state index in [1.807, 2.05) is 36.4 Å². The molecule has 0 aliphatic heterocycles. The summed E-state index contributed by atoms with van der Waals surface area (Å²) in [5.74, 6) is 1.97. The lowest BCUT2D eigenvalue weighted by Gasteiger charge is -2.00. The van der Waals surface area contributed by atoms with Crippen LogP contribution in [0.4, 0.5) is 0 Å². The fourth-order valence-electron chi connectivity index (χ4n) is 1.96. The van der Waals surface area contributed by atoms with Gasteiger partial charge in [-0.05, 0) is 42.0 Å². The molecule has 0 saturated heterocycles. The van der Waals surface area contributed by atoms with Crippen LogP contribution < -0.4 is 4.74 Å². The summed E-state index contributed by atoms with van der Waals surface area (Å²) in [6, 6.07) is 15.1. The van der Waals surface area contributed by atoms with E-state index in [4.69, 9.17) is 20.9 Å². The summed E-state index contributed by atoms with van der Waals surface area (Å²) < 4.78 is 10.4.